The lowest BCUT2D eigenvalue weighted by Crippen LogP contribution is -2.27. The van der Waals surface area contributed by atoms with Gasteiger partial charge in [0, 0.05) is 11.5 Å². The fourth-order valence-electron chi connectivity index (χ4n) is 2.65. The normalized spacial score (nSPS) is 28.2. The minimum Gasteiger partial charge on any atom is -0.392 e. The molecule has 2 nitrogen and oxygen atoms in total. The van der Waals surface area contributed by atoms with Crippen LogP contribution in [0.1, 0.15) is 31.2 Å². The molecule has 1 saturated carbocycles. The first kappa shape index (κ1) is 9.82. The van der Waals surface area contributed by atoms with Gasteiger partial charge in [0.25, 0.3) is 0 Å². The van der Waals surface area contributed by atoms with Crippen molar-refractivity contribution in [2.45, 2.75) is 31.8 Å². The highest BCUT2D eigenvalue weighted by atomic mass is 19.1. The lowest BCUT2D eigenvalue weighted by Gasteiger charge is -2.23. The average molecular weight is 219 g/mol. The van der Waals surface area contributed by atoms with Crippen LogP contribution in [0.5, 0.6) is 0 Å². The van der Waals surface area contributed by atoms with Crippen molar-refractivity contribution in [2.24, 2.45) is 11.1 Å². The second kappa shape index (κ2) is 3.89. The largest absolute Gasteiger partial charge is 0.392 e. The molecule has 16 heavy (non-hydrogen) atoms. The first-order valence-electron chi connectivity index (χ1n) is 5.85. The van der Waals surface area contributed by atoms with Crippen molar-refractivity contribution >= 4 is 5.71 Å². The topological polar surface area (TPSA) is 21.6 Å². The van der Waals surface area contributed by atoms with E-state index in [1.807, 2.05) is 6.07 Å². The first-order chi connectivity index (χ1) is 7.86. The molecule has 1 aliphatic carbocycles. The molecule has 0 radical (unpaired) electrons. The maximum Gasteiger partial charge on any atom is 0.136 e. The first-order valence-corrected chi connectivity index (χ1v) is 5.85. The molecule has 0 saturated heterocycles. The second-order valence-corrected chi connectivity index (χ2v) is 4.49. The number of fused-ring (bicyclic) bond motifs is 1. The predicted molar refractivity (Wildman–Crippen MR) is 59.8 cm³/mol. The Hall–Kier alpha value is -1.38. The van der Waals surface area contributed by atoms with Crippen LogP contribution in [0.3, 0.4) is 0 Å². The third-order valence-corrected chi connectivity index (χ3v) is 3.49. The molecule has 84 valence electrons. The Morgan fingerprint density at radius 3 is 2.88 bits per heavy atom. The smallest absolute Gasteiger partial charge is 0.136 e. The molecule has 1 aliphatic heterocycles. The molecular weight excluding hydrogens is 205 g/mol. The molecule has 1 aromatic carbocycles. The van der Waals surface area contributed by atoms with Crippen LogP contribution in [-0.2, 0) is 4.84 Å². The fourth-order valence-corrected chi connectivity index (χ4v) is 2.65. The summed E-state index contributed by atoms with van der Waals surface area (Å²) in [6.45, 7) is 0. The van der Waals surface area contributed by atoms with Crippen LogP contribution in [0.25, 0.3) is 0 Å². The Kier molecular flexibility index (Phi) is 2.39. The molecule has 1 heterocycles. The molecule has 3 rings (SSSR count). The molecule has 2 aliphatic rings. The molecule has 0 bridgehead atoms. The number of rotatable bonds is 1. The van der Waals surface area contributed by atoms with Crippen molar-refractivity contribution in [3.63, 3.8) is 0 Å². The molecule has 1 aromatic rings. The van der Waals surface area contributed by atoms with E-state index < -0.39 is 0 Å². The van der Waals surface area contributed by atoms with Crippen LogP contribution in [0.2, 0.25) is 0 Å². The summed E-state index contributed by atoms with van der Waals surface area (Å²) in [6.07, 6.45) is 4.69. The van der Waals surface area contributed by atoms with Crippen LogP contribution in [0, 0.1) is 11.7 Å². The second-order valence-electron chi connectivity index (χ2n) is 4.49. The third-order valence-electron chi connectivity index (χ3n) is 3.49. The predicted octanol–water partition coefficient (Wildman–Crippen LogP) is 3.12. The maximum atomic E-state index is 13.7. The van der Waals surface area contributed by atoms with Crippen molar-refractivity contribution in [2.75, 3.05) is 0 Å². The lowest BCUT2D eigenvalue weighted by atomic mass is 9.81. The lowest BCUT2D eigenvalue weighted by molar-refractivity contribution is 0.0397. The van der Waals surface area contributed by atoms with Gasteiger partial charge in [-0.2, -0.15) is 0 Å². The summed E-state index contributed by atoms with van der Waals surface area (Å²) in [5.41, 5.74) is 1.42. The van der Waals surface area contributed by atoms with Gasteiger partial charge in [-0.1, -0.05) is 29.8 Å². The number of hydrogen-bond donors (Lipinski definition) is 0. The van der Waals surface area contributed by atoms with E-state index in [1.165, 1.54) is 18.9 Å². The SMILES string of the molecule is Fc1ccccc1C1=NO[C@H]2CCCC[C@@H]12. The van der Waals surface area contributed by atoms with Gasteiger partial charge in [0.05, 0.1) is 5.71 Å². The van der Waals surface area contributed by atoms with Gasteiger partial charge in [-0.15, -0.1) is 0 Å². The average Bonchev–Trinajstić information content (AvgIpc) is 2.74. The Bertz CT molecular complexity index is 430. The molecular formula is C13H14FNO. The number of oxime groups is 1. The van der Waals surface area contributed by atoms with Crippen molar-refractivity contribution in [1.29, 1.82) is 0 Å². The summed E-state index contributed by atoms with van der Waals surface area (Å²) in [7, 11) is 0. The van der Waals surface area contributed by atoms with E-state index in [4.69, 9.17) is 4.84 Å². The third kappa shape index (κ3) is 1.51. The van der Waals surface area contributed by atoms with Crippen LogP contribution >= 0.6 is 0 Å². The summed E-state index contributed by atoms with van der Waals surface area (Å²) < 4.78 is 13.7. The van der Waals surface area contributed by atoms with Crippen molar-refractivity contribution in [1.82, 2.24) is 0 Å². The summed E-state index contributed by atoms with van der Waals surface area (Å²) >= 11 is 0. The van der Waals surface area contributed by atoms with E-state index in [9.17, 15) is 4.39 Å². The molecule has 0 spiro atoms. The van der Waals surface area contributed by atoms with Gasteiger partial charge in [0.15, 0.2) is 0 Å². The monoisotopic (exact) mass is 219 g/mol. The molecule has 0 aromatic heterocycles. The van der Waals surface area contributed by atoms with Crippen LogP contribution in [0.4, 0.5) is 4.39 Å². The molecule has 0 amide bonds. The Morgan fingerprint density at radius 1 is 1.19 bits per heavy atom. The number of halogens is 1. The van der Waals surface area contributed by atoms with Gasteiger partial charge in [0.2, 0.25) is 0 Å². The Labute approximate surface area is 94.1 Å². The molecule has 1 fully saturated rings. The molecule has 0 N–H and O–H groups in total. The number of nitrogens with zero attached hydrogens (tertiary/aromatic N) is 1. The Balaban J connectivity index is 1.93. The molecule has 2 atom stereocenters. The summed E-state index contributed by atoms with van der Waals surface area (Å²) in [4.78, 5) is 5.40. The van der Waals surface area contributed by atoms with Crippen molar-refractivity contribution < 1.29 is 9.23 Å². The van der Waals surface area contributed by atoms with Gasteiger partial charge < -0.3 is 4.84 Å². The minimum atomic E-state index is -0.198. The summed E-state index contributed by atoms with van der Waals surface area (Å²) in [5.74, 6) is 0.0988. The maximum absolute atomic E-state index is 13.7. The Morgan fingerprint density at radius 2 is 2.00 bits per heavy atom. The highest BCUT2D eigenvalue weighted by molar-refractivity contribution is 6.03. The van der Waals surface area contributed by atoms with Gasteiger partial charge in [-0.3, -0.25) is 0 Å². The van der Waals surface area contributed by atoms with E-state index in [2.05, 4.69) is 5.16 Å². The summed E-state index contributed by atoms with van der Waals surface area (Å²) in [6, 6.07) is 6.81. The van der Waals surface area contributed by atoms with Crippen LogP contribution in [0.15, 0.2) is 29.4 Å². The zero-order chi connectivity index (χ0) is 11.0. The zero-order valence-electron chi connectivity index (χ0n) is 9.03. The number of benzene rings is 1. The van der Waals surface area contributed by atoms with Crippen molar-refractivity contribution in [3.05, 3.63) is 35.6 Å². The highest BCUT2D eigenvalue weighted by Crippen LogP contribution is 2.35. The minimum absolute atomic E-state index is 0.184. The van der Waals surface area contributed by atoms with Crippen LogP contribution < -0.4 is 0 Å². The zero-order valence-corrected chi connectivity index (χ0v) is 9.03. The van der Waals surface area contributed by atoms with Crippen molar-refractivity contribution in [3.8, 4) is 0 Å². The highest BCUT2D eigenvalue weighted by Gasteiger charge is 2.37. The van der Waals surface area contributed by atoms with E-state index in [1.54, 1.807) is 12.1 Å². The quantitative estimate of drug-likeness (QED) is 0.711. The van der Waals surface area contributed by atoms with Gasteiger partial charge >= 0.3 is 0 Å². The van der Waals surface area contributed by atoms with Gasteiger partial charge in [-0.05, 0) is 25.3 Å². The van der Waals surface area contributed by atoms with E-state index in [-0.39, 0.29) is 11.9 Å². The van der Waals surface area contributed by atoms with Gasteiger partial charge in [0.1, 0.15) is 11.9 Å². The van der Waals surface area contributed by atoms with E-state index in [0.717, 1.165) is 18.6 Å². The van der Waals surface area contributed by atoms with E-state index in [0.29, 0.717) is 11.5 Å². The number of hydrogen-bond acceptors (Lipinski definition) is 2. The van der Waals surface area contributed by atoms with Gasteiger partial charge in [-0.25, -0.2) is 4.39 Å². The summed E-state index contributed by atoms with van der Waals surface area (Å²) in [5, 5.41) is 4.09. The molecule has 3 heteroatoms. The van der Waals surface area contributed by atoms with E-state index >= 15 is 0 Å². The van der Waals surface area contributed by atoms with Crippen LogP contribution in [-0.4, -0.2) is 11.8 Å². The standard InChI is InChI=1S/C13H14FNO/c14-11-7-3-1-5-9(11)13-10-6-2-4-8-12(10)16-15-13/h1,3,5,7,10,12H,2,4,6,8H2/t10-,12+/m1/s1. The fraction of sp³-hybridized carbons (Fsp3) is 0.462. The molecule has 0 unspecified atom stereocenters.